The minimum Gasteiger partial charge on any atom is -0.610 e. The molecule has 0 saturated heterocycles. The number of halogens is 2. The monoisotopic (exact) mass is 445 g/mol. The number of fused-ring (bicyclic) bond motifs is 1. The number of nitrogens with zero attached hydrogens (tertiary/aromatic N) is 3. The zero-order chi connectivity index (χ0) is 22.2. The molecule has 160 valence electrons. The van der Waals surface area contributed by atoms with E-state index in [0.717, 1.165) is 18.4 Å². The number of sulfone groups is 1. The molecule has 10 heteroatoms. The summed E-state index contributed by atoms with van der Waals surface area (Å²) in [5.41, 5.74) is 0.860. The van der Waals surface area contributed by atoms with Gasteiger partial charge < -0.3 is 14.2 Å². The lowest BCUT2D eigenvalue weighted by atomic mass is 10.1. The van der Waals surface area contributed by atoms with Crippen molar-refractivity contribution in [2.24, 2.45) is 0 Å². The van der Waals surface area contributed by atoms with E-state index in [-0.39, 0.29) is 47.4 Å². The number of carbonyl (C=O) groups is 1. The number of hydrogen-bond donors (Lipinski definition) is 0. The zero-order valence-corrected chi connectivity index (χ0v) is 17.2. The smallest absolute Gasteiger partial charge is 0.261 e. The van der Waals surface area contributed by atoms with E-state index < -0.39 is 27.8 Å². The van der Waals surface area contributed by atoms with Gasteiger partial charge in [0.2, 0.25) is 5.88 Å². The summed E-state index contributed by atoms with van der Waals surface area (Å²) in [6, 6.07) is 9.24. The summed E-state index contributed by atoms with van der Waals surface area (Å²) in [7, 11) is -3.33. The molecule has 0 fully saturated rings. The van der Waals surface area contributed by atoms with E-state index in [1.54, 1.807) is 12.1 Å². The van der Waals surface area contributed by atoms with Gasteiger partial charge in [0, 0.05) is 29.9 Å². The Bertz CT molecular complexity index is 1200. The van der Waals surface area contributed by atoms with Crippen molar-refractivity contribution in [2.45, 2.75) is 11.4 Å². The highest BCUT2D eigenvalue weighted by atomic mass is 32.3. The van der Waals surface area contributed by atoms with Crippen molar-refractivity contribution < 1.29 is 27.1 Å². The predicted molar refractivity (Wildman–Crippen MR) is 107 cm³/mol. The van der Waals surface area contributed by atoms with Gasteiger partial charge in [-0.25, -0.2) is 13.8 Å². The molecule has 0 radical (unpaired) electrons. The van der Waals surface area contributed by atoms with Gasteiger partial charge >= 0.3 is 0 Å². The Morgan fingerprint density at radius 3 is 2.61 bits per heavy atom. The molecule has 4 rings (SSSR count). The number of ether oxygens (including phenoxy) is 1. The Kier molecular flexibility index (Phi) is 5.50. The number of benzene rings is 2. The van der Waals surface area contributed by atoms with Crippen LogP contribution in [-0.2, 0) is 21.0 Å². The first kappa shape index (κ1) is 21.0. The maximum absolute atomic E-state index is 14.0. The van der Waals surface area contributed by atoms with Gasteiger partial charge in [0.05, 0.1) is 16.8 Å². The minimum absolute atomic E-state index is 0.0531. The van der Waals surface area contributed by atoms with Crippen LogP contribution in [-0.4, -0.2) is 44.7 Å². The summed E-state index contributed by atoms with van der Waals surface area (Å²) in [5.74, 6) is -1.51. The first-order chi connectivity index (χ1) is 14.7. The molecule has 1 amide bonds. The third-order valence-electron chi connectivity index (χ3n) is 4.79. The maximum atomic E-state index is 14.0. The van der Waals surface area contributed by atoms with Crippen LogP contribution in [0.5, 0.6) is 5.88 Å². The number of aromatic nitrogens is 2. The van der Waals surface area contributed by atoms with Crippen molar-refractivity contribution in [1.29, 1.82) is 0 Å². The zero-order valence-electron chi connectivity index (χ0n) is 16.4. The van der Waals surface area contributed by atoms with E-state index in [0.29, 0.717) is 5.56 Å². The van der Waals surface area contributed by atoms with E-state index in [9.17, 15) is 22.3 Å². The summed E-state index contributed by atoms with van der Waals surface area (Å²) in [4.78, 5) is 23.0. The highest BCUT2D eigenvalue weighted by molar-refractivity contribution is 7.97. The van der Waals surface area contributed by atoms with Gasteiger partial charge in [-0.05, 0) is 30.3 Å². The SMILES string of the molecule is C[S+](=O)([O-])c1ccc(-c2ncc3c(n2)OCCN(Cc2ccc(F)cc2F)C3=O)cc1. The van der Waals surface area contributed by atoms with E-state index in [1.807, 2.05) is 0 Å². The number of hydrogen-bond acceptors (Lipinski definition) is 6. The van der Waals surface area contributed by atoms with Crippen LogP contribution in [0.1, 0.15) is 15.9 Å². The average Bonchev–Trinajstić information content (AvgIpc) is 2.88. The second-order valence-electron chi connectivity index (χ2n) is 7.02. The van der Waals surface area contributed by atoms with Crippen LogP contribution in [0.25, 0.3) is 11.4 Å². The molecule has 0 saturated carbocycles. The van der Waals surface area contributed by atoms with Crippen LogP contribution in [0.15, 0.2) is 53.6 Å². The summed E-state index contributed by atoms with van der Waals surface area (Å²) >= 11 is 0. The molecule has 2 aromatic carbocycles. The molecule has 1 atom stereocenters. The van der Waals surface area contributed by atoms with Gasteiger partial charge in [-0.15, -0.1) is 4.21 Å². The van der Waals surface area contributed by atoms with Crippen molar-refractivity contribution >= 4 is 16.1 Å². The summed E-state index contributed by atoms with van der Waals surface area (Å²) < 4.78 is 56.0. The largest absolute Gasteiger partial charge is 0.610 e. The Labute approximate surface area is 178 Å². The average molecular weight is 445 g/mol. The summed E-state index contributed by atoms with van der Waals surface area (Å²) in [5, 5.41) is 0. The van der Waals surface area contributed by atoms with Gasteiger partial charge in [0.1, 0.15) is 30.1 Å². The molecule has 7 nitrogen and oxygen atoms in total. The minimum atomic E-state index is -3.33. The van der Waals surface area contributed by atoms with Gasteiger partial charge in [-0.1, -0.05) is 6.07 Å². The Hall–Kier alpha value is -3.24. The van der Waals surface area contributed by atoms with Gasteiger partial charge in [-0.2, -0.15) is 4.98 Å². The molecule has 0 bridgehead atoms. The third-order valence-corrected chi connectivity index (χ3v) is 5.92. The molecule has 2 heterocycles. The Morgan fingerprint density at radius 1 is 1.19 bits per heavy atom. The molecule has 1 aliphatic rings. The van der Waals surface area contributed by atoms with Crippen LogP contribution < -0.4 is 4.74 Å². The first-order valence-electron chi connectivity index (χ1n) is 9.26. The second kappa shape index (κ2) is 8.12. The van der Waals surface area contributed by atoms with Crippen LogP contribution in [0, 0.1) is 11.6 Å². The number of rotatable bonds is 4. The third kappa shape index (κ3) is 4.44. The van der Waals surface area contributed by atoms with Crippen LogP contribution >= 0.6 is 0 Å². The second-order valence-corrected chi connectivity index (χ2v) is 9.04. The van der Waals surface area contributed by atoms with Crippen LogP contribution in [0.4, 0.5) is 8.78 Å². The fourth-order valence-corrected chi connectivity index (χ4v) is 3.77. The Balaban J connectivity index is 1.60. The number of amides is 1. The molecule has 0 aliphatic carbocycles. The lowest BCUT2D eigenvalue weighted by Crippen LogP contribution is -2.32. The van der Waals surface area contributed by atoms with Crippen molar-refractivity contribution in [3.63, 3.8) is 0 Å². The van der Waals surface area contributed by atoms with E-state index in [2.05, 4.69) is 9.97 Å². The fourth-order valence-electron chi connectivity index (χ4n) is 3.14. The molecule has 0 spiro atoms. The maximum Gasteiger partial charge on any atom is 0.261 e. The van der Waals surface area contributed by atoms with Crippen molar-refractivity contribution in [3.8, 4) is 17.3 Å². The molecular weight excluding hydrogens is 428 g/mol. The van der Waals surface area contributed by atoms with Crippen molar-refractivity contribution in [3.05, 3.63) is 71.4 Å². The molecule has 31 heavy (non-hydrogen) atoms. The molecular formula is C21H17F2N3O4S. The highest BCUT2D eigenvalue weighted by Crippen LogP contribution is 2.26. The predicted octanol–water partition coefficient (Wildman–Crippen LogP) is 3.08. The lowest BCUT2D eigenvalue weighted by molar-refractivity contribution is 0.0741. The molecule has 1 aromatic heterocycles. The van der Waals surface area contributed by atoms with Gasteiger partial charge in [0.25, 0.3) is 5.91 Å². The quantitative estimate of drug-likeness (QED) is 0.573. The van der Waals surface area contributed by atoms with Crippen LogP contribution in [0.3, 0.4) is 0 Å². The molecule has 0 N–H and O–H groups in total. The van der Waals surface area contributed by atoms with Crippen LogP contribution in [0.2, 0.25) is 0 Å². The van der Waals surface area contributed by atoms with E-state index in [4.69, 9.17) is 4.74 Å². The summed E-state index contributed by atoms with van der Waals surface area (Å²) in [6.45, 7) is 0.262. The fraction of sp³-hybridized carbons (Fsp3) is 0.190. The first-order valence-corrected chi connectivity index (χ1v) is 11.1. The van der Waals surface area contributed by atoms with Crippen molar-refractivity contribution in [1.82, 2.24) is 14.9 Å². The highest BCUT2D eigenvalue weighted by Gasteiger charge is 2.26. The van der Waals surface area contributed by atoms with E-state index in [1.165, 1.54) is 29.3 Å². The standard InChI is InChI=1S/C21H17F2N3O4S/c1-31(28,29)16-6-3-13(4-7-16)19-24-11-17-20(25-19)30-9-8-26(21(17)27)12-14-2-5-15(22)10-18(14)23/h2-7,10-11H,8-9,12H2,1H3. The molecule has 1 aliphatic heterocycles. The molecule has 3 aromatic rings. The topological polar surface area (TPSA) is 95.4 Å². The lowest BCUT2D eigenvalue weighted by Gasteiger charge is -2.20. The molecule has 1 unspecified atom stereocenters. The number of carbonyl (C=O) groups excluding carboxylic acids is 1. The van der Waals surface area contributed by atoms with E-state index >= 15 is 0 Å². The van der Waals surface area contributed by atoms with Gasteiger partial charge in [0.15, 0.2) is 10.7 Å². The Morgan fingerprint density at radius 2 is 1.94 bits per heavy atom. The normalized spacial score (nSPS) is 15.6. The van der Waals surface area contributed by atoms with Gasteiger partial charge in [-0.3, -0.25) is 4.79 Å². The summed E-state index contributed by atoms with van der Waals surface area (Å²) in [6.07, 6.45) is 2.44. The van der Waals surface area contributed by atoms with Crippen molar-refractivity contribution in [2.75, 3.05) is 19.4 Å².